The molecule has 11 heteroatoms. The van der Waals surface area contributed by atoms with Gasteiger partial charge in [-0.2, -0.15) is 0 Å². The second-order valence-electron chi connectivity index (χ2n) is 20.1. The lowest BCUT2D eigenvalue weighted by molar-refractivity contribution is -0.305. The molecule has 72 heavy (non-hydrogen) atoms. The first-order valence-electron chi connectivity index (χ1n) is 29.3. The Morgan fingerprint density at radius 3 is 1.54 bits per heavy atom. The largest absolute Gasteiger partial charge is 0.454 e. The van der Waals surface area contributed by atoms with Gasteiger partial charge in [0.05, 0.1) is 25.4 Å². The minimum atomic E-state index is -1.62. The normalized spacial score (nSPS) is 20.0. The Bertz CT molecular complexity index is 1440. The van der Waals surface area contributed by atoms with Gasteiger partial charge in [-0.25, -0.2) is 0 Å². The fourth-order valence-corrected chi connectivity index (χ4v) is 8.77. The summed E-state index contributed by atoms with van der Waals surface area (Å²) >= 11 is 0. The van der Waals surface area contributed by atoms with E-state index in [9.17, 15) is 35.1 Å². The Hall–Kier alpha value is -2.90. The Balaban J connectivity index is 2.71. The quantitative estimate of drug-likeness (QED) is 0.0149. The van der Waals surface area contributed by atoms with Crippen molar-refractivity contribution in [1.82, 2.24) is 5.32 Å². The van der Waals surface area contributed by atoms with Crippen molar-refractivity contribution >= 4 is 11.9 Å². The number of hydrogen-bond donors (Lipinski definition) is 6. The highest BCUT2D eigenvalue weighted by Crippen LogP contribution is 2.26. The van der Waals surface area contributed by atoms with Crippen molar-refractivity contribution in [3.05, 3.63) is 72.9 Å². The molecule has 0 spiro atoms. The SMILES string of the molecule is CC/C=C/C=C/C=C\C=C/CCCCC(O)C(=O)NC(COC1OC(CO)C(O)C(O)C1OC(=O)CCCCCCCCCCC/C=C/CCCCCCCC)C(O)/C=C/CCCCCCCCCCCC. The van der Waals surface area contributed by atoms with Crippen LogP contribution in [0, 0.1) is 0 Å². The van der Waals surface area contributed by atoms with Crippen molar-refractivity contribution in [3.8, 4) is 0 Å². The van der Waals surface area contributed by atoms with Gasteiger partial charge in [0, 0.05) is 6.42 Å². The number of rotatable bonds is 48. The monoisotopic (exact) mass is 1010 g/mol. The van der Waals surface area contributed by atoms with E-state index < -0.39 is 67.4 Å². The van der Waals surface area contributed by atoms with Crippen LogP contribution in [0.25, 0.3) is 0 Å². The number of carbonyl (C=O) groups is 2. The van der Waals surface area contributed by atoms with Crippen LogP contribution in [0.2, 0.25) is 0 Å². The molecular weight excluding hydrogens is 907 g/mol. The Kier molecular flexibility index (Phi) is 45.7. The average Bonchev–Trinajstić information content (AvgIpc) is 3.38. The predicted octanol–water partition coefficient (Wildman–Crippen LogP) is 13.2. The summed E-state index contributed by atoms with van der Waals surface area (Å²) in [7, 11) is 0. The van der Waals surface area contributed by atoms with Crippen LogP contribution >= 0.6 is 0 Å². The van der Waals surface area contributed by atoms with Crippen LogP contribution in [0.5, 0.6) is 0 Å². The number of unbranched alkanes of at least 4 members (excludes halogenated alkanes) is 27. The molecule has 1 aliphatic rings. The van der Waals surface area contributed by atoms with Gasteiger partial charge in [0.15, 0.2) is 12.4 Å². The maximum atomic E-state index is 13.3. The molecular formula is C61H107NO10. The first-order valence-corrected chi connectivity index (χ1v) is 29.3. The summed E-state index contributed by atoms with van der Waals surface area (Å²) in [5, 5.41) is 56.7. The van der Waals surface area contributed by atoms with E-state index in [1.54, 1.807) is 6.08 Å². The summed E-state index contributed by atoms with van der Waals surface area (Å²) in [4.78, 5) is 26.4. The number of esters is 1. The number of amides is 1. The first kappa shape index (κ1) is 67.1. The number of allylic oxidation sites excluding steroid dienone is 11. The van der Waals surface area contributed by atoms with Crippen LogP contribution in [0.4, 0.5) is 0 Å². The van der Waals surface area contributed by atoms with Gasteiger partial charge in [0.1, 0.15) is 24.4 Å². The highest BCUT2D eigenvalue weighted by Gasteiger charge is 2.47. The smallest absolute Gasteiger partial charge is 0.306 e. The van der Waals surface area contributed by atoms with Gasteiger partial charge in [-0.1, -0.05) is 235 Å². The zero-order chi connectivity index (χ0) is 52.5. The van der Waals surface area contributed by atoms with Crippen LogP contribution in [0.1, 0.15) is 239 Å². The lowest BCUT2D eigenvalue weighted by atomic mass is 9.99. The third-order valence-corrected chi connectivity index (χ3v) is 13.4. The molecule has 8 atom stereocenters. The third kappa shape index (κ3) is 36.9. The molecule has 1 heterocycles. The van der Waals surface area contributed by atoms with Gasteiger partial charge >= 0.3 is 5.97 Å². The second-order valence-corrected chi connectivity index (χ2v) is 20.1. The summed E-state index contributed by atoms with van der Waals surface area (Å²) < 4.78 is 17.6. The maximum Gasteiger partial charge on any atom is 0.306 e. The molecule has 0 aliphatic carbocycles. The number of ether oxygens (including phenoxy) is 3. The van der Waals surface area contributed by atoms with E-state index >= 15 is 0 Å². The van der Waals surface area contributed by atoms with Crippen molar-refractivity contribution in [2.75, 3.05) is 13.2 Å². The van der Waals surface area contributed by atoms with Crippen molar-refractivity contribution in [3.63, 3.8) is 0 Å². The Morgan fingerprint density at radius 1 is 0.556 bits per heavy atom. The molecule has 11 nitrogen and oxygen atoms in total. The zero-order valence-corrected chi connectivity index (χ0v) is 45.8. The molecule has 1 saturated heterocycles. The topological polar surface area (TPSA) is 175 Å². The Morgan fingerprint density at radius 2 is 1.01 bits per heavy atom. The van der Waals surface area contributed by atoms with Crippen molar-refractivity contribution in [2.45, 2.75) is 288 Å². The molecule has 1 rings (SSSR count). The number of aliphatic hydroxyl groups excluding tert-OH is 5. The van der Waals surface area contributed by atoms with Crippen LogP contribution in [0.3, 0.4) is 0 Å². The highest BCUT2D eigenvalue weighted by atomic mass is 16.7. The predicted molar refractivity (Wildman–Crippen MR) is 296 cm³/mol. The van der Waals surface area contributed by atoms with Crippen LogP contribution in [0.15, 0.2) is 72.9 Å². The molecule has 6 N–H and O–H groups in total. The fourth-order valence-electron chi connectivity index (χ4n) is 8.77. The van der Waals surface area contributed by atoms with Gasteiger partial charge in [-0.3, -0.25) is 9.59 Å². The Labute approximate surface area is 439 Å². The minimum absolute atomic E-state index is 0.114. The molecule has 1 fully saturated rings. The van der Waals surface area contributed by atoms with Gasteiger partial charge in [-0.15, -0.1) is 0 Å². The zero-order valence-electron chi connectivity index (χ0n) is 45.8. The number of nitrogens with one attached hydrogen (secondary N) is 1. The van der Waals surface area contributed by atoms with E-state index in [0.29, 0.717) is 12.8 Å². The average molecular weight is 1010 g/mol. The molecule has 8 unspecified atom stereocenters. The number of carbonyl (C=O) groups excluding carboxylic acids is 2. The van der Waals surface area contributed by atoms with Crippen molar-refractivity contribution in [2.24, 2.45) is 0 Å². The summed E-state index contributed by atoms with van der Waals surface area (Å²) in [6.45, 7) is 5.60. The molecule has 1 amide bonds. The summed E-state index contributed by atoms with van der Waals surface area (Å²) in [6.07, 6.45) is 51.0. The maximum absolute atomic E-state index is 13.3. The highest BCUT2D eigenvalue weighted by molar-refractivity contribution is 5.80. The minimum Gasteiger partial charge on any atom is -0.454 e. The van der Waals surface area contributed by atoms with E-state index in [4.69, 9.17) is 14.2 Å². The van der Waals surface area contributed by atoms with Gasteiger partial charge in [-0.05, 0) is 70.6 Å². The first-order chi connectivity index (χ1) is 35.2. The summed E-state index contributed by atoms with van der Waals surface area (Å²) in [5.74, 6) is -1.24. The van der Waals surface area contributed by atoms with Gasteiger partial charge < -0.3 is 45.1 Å². The van der Waals surface area contributed by atoms with Crippen LogP contribution < -0.4 is 5.32 Å². The van der Waals surface area contributed by atoms with E-state index in [-0.39, 0.29) is 19.4 Å². The standard InChI is InChI=1S/C61H107NO10/c1-4-7-10-13-16-19-22-25-26-27-28-29-30-31-34-37-40-43-46-49-56(66)72-59-58(68)57(67)55(50-63)71-61(59)70-51-52(53(64)47-44-41-38-35-32-23-20-17-14-11-8-5-2)62-60(69)54(65)48-45-42-39-36-33-24-21-18-15-12-9-6-3/h9,12,15,18,21,24-26,33,36,44,47,52-55,57-59,61,63-65,67-68H,4-8,10-11,13-14,16-17,19-20,22-23,27-32,34-35,37-43,45-46,48-51H2,1-3H3,(H,62,69)/b12-9+,18-15+,24-21-,26-25+,36-33-,47-44+. The second kappa shape index (κ2) is 49.0. The van der Waals surface area contributed by atoms with Gasteiger partial charge in [0.2, 0.25) is 5.91 Å². The van der Waals surface area contributed by atoms with E-state index in [0.717, 1.165) is 64.2 Å². The lowest BCUT2D eigenvalue weighted by Crippen LogP contribution is -2.61. The van der Waals surface area contributed by atoms with Crippen LogP contribution in [-0.2, 0) is 23.8 Å². The molecule has 0 aromatic carbocycles. The van der Waals surface area contributed by atoms with Crippen LogP contribution in [-0.4, -0.2) is 99.6 Å². The number of aliphatic hydroxyl groups is 5. The van der Waals surface area contributed by atoms with Crippen molar-refractivity contribution in [1.29, 1.82) is 0 Å². The molecule has 0 aromatic rings. The molecule has 0 aromatic heterocycles. The molecule has 0 radical (unpaired) electrons. The third-order valence-electron chi connectivity index (χ3n) is 13.4. The number of hydrogen-bond acceptors (Lipinski definition) is 10. The molecule has 1 aliphatic heterocycles. The van der Waals surface area contributed by atoms with Crippen molar-refractivity contribution < 1.29 is 49.3 Å². The lowest BCUT2D eigenvalue weighted by Gasteiger charge is -2.41. The van der Waals surface area contributed by atoms with E-state index in [1.807, 2.05) is 48.6 Å². The van der Waals surface area contributed by atoms with E-state index in [2.05, 4.69) is 44.3 Å². The summed E-state index contributed by atoms with van der Waals surface area (Å²) in [6, 6.07) is -1.05. The fraction of sp³-hybridized carbons (Fsp3) is 0.770. The molecule has 0 bridgehead atoms. The molecule has 416 valence electrons. The van der Waals surface area contributed by atoms with E-state index in [1.165, 1.54) is 128 Å². The summed E-state index contributed by atoms with van der Waals surface area (Å²) in [5.41, 5.74) is 0. The van der Waals surface area contributed by atoms with Gasteiger partial charge in [0.25, 0.3) is 0 Å². The molecule has 0 saturated carbocycles.